The summed E-state index contributed by atoms with van der Waals surface area (Å²) in [6, 6.07) is 8.96. The summed E-state index contributed by atoms with van der Waals surface area (Å²) in [6.07, 6.45) is 4.34. The number of carbonyl (C=O) groups is 2. The van der Waals surface area contributed by atoms with Crippen molar-refractivity contribution in [1.29, 1.82) is 0 Å². The molecule has 1 N–H and O–H groups in total. The van der Waals surface area contributed by atoms with Crippen LogP contribution in [0.4, 0.5) is 4.79 Å². The molecule has 0 saturated carbocycles. The van der Waals surface area contributed by atoms with Gasteiger partial charge in [-0.15, -0.1) is 0 Å². The summed E-state index contributed by atoms with van der Waals surface area (Å²) >= 11 is 0. The van der Waals surface area contributed by atoms with Gasteiger partial charge in [0.25, 0.3) is 5.91 Å². The summed E-state index contributed by atoms with van der Waals surface area (Å²) in [6.45, 7) is 5.65. The summed E-state index contributed by atoms with van der Waals surface area (Å²) in [5, 5.41) is 2.21. The molecular weight excluding hydrogens is 306 g/mol. The highest BCUT2D eigenvalue weighted by molar-refractivity contribution is 5.92. The first kappa shape index (κ1) is 18.0. The molecule has 5 heteroatoms. The van der Waals surface area contributed by atoms with Crippen LogP contribution in [0.1, 0.15) is 40.0 Å². The lowest BCUT2D eigenvalue weighted by molar-refractivity contribution is -0.123. The molecule has 24 heavy (non-hydrogen) atoms. The van der Waals surface area contributed by atoms with Crippen LogP contribution in [0.2, 0.25) is 0 Å². The first-order valence-corrected chi connectivity index (χ1v) is 8.23. The third-order valence-corrected chi connectivity index (χ3v) is 4.33. The van der Waals surface area contributed by atoms with E-state index in [1.54, 1.807) is 12.1 Å². The molecule has 0 bridgehead atoms. The summed E-state index contributed by atoms with van der Waals surface area (Å²) in [7, 11) is 0. The minimum absolute atomic E-state index is 0.231. The fourth-order valence-electron chi connectivity index (χ4n) is 2.76. The Hall–Kier alpha value is -2.30. The molecule has 1 aliphatic rings. The lowest BCUT2D eigenvalue weighted by atomic mass is 9.79. The van der Waals surface area contributed by atoms with Crippen LogP contribution in [0.5, 0.6) is 5.75 Å². The second-order valence-corrected chi connectivity index (χ2v) is 6.66. The predicted octanol–water partition coefficient (Wildman–Crippen LogP) is 3.84. The number of para-hydroxylation sites is 1. The second-order valence-electron chi connectivity index (χ2n) is 6.66. The van der Waals surface area contributed by atoms with E-state index >= 15 is 0 Å². The fraction of sp³-hybridized carbons (Fsp3) is 0.474. The van der Waals surface area contributed by atoms with E-state index < -0.39 is 17.6 Å². The average Bonchev–Trinajstić information content (AvgIpc) is 2.53. The molecule has 1 atom stereocenters. The molecule has 5 nitrogen and oxygen atoms in total. The molecule has 2 rings (SSSR count). The van der Waals surface area contributed by atoms with Crippen molar-refractivity contribution in [2.45, 2.75) is 45.6 Å². The zero-order chi connectivity index (χ0) is 17.6. The van der Waals surface area contributed by atoms with Gasteiger partial charge in [-0.1, -0.05) is 29.8 Å². The Balaban J connectivity index is 1.78. The molecular formula is C19H25NO4. The van der Waals surface area contributed by atoms with Crippen LogP contribution in [0.3, 0.4) is 0 Å². The summed E-state index contributed by atoms with van der Waals surface area (Å²) in [5.41, 5.74) is 0.752. The summed E-state index contributed by atoms with van der Waals surface area (Å²) in [4.78, 5) is 23.7. The zero-order valence-electron chi connectivity index (χ0n) is 14.5. The number of amides is 2. The van der Waals surface area contributed by atoms with Gasteiger partial charge in [-0.3, -0.25) is 10.1 Å². The maximum Gasteiger partial charge on any atom is 0.414 e. The number of ether oxygens (including phenoxy) is 2. The Kier molecular flexibility index (Phi) is 6.01. The standard InChI is InChI=1S/C19H25NO4/c1-14-9-11-15(12-10-14)19(2,3)24-18(22)20-17(21)13-23-16-7-5-4-6-8-16/h4-9,15H,10-13H2,1-3H3,(H,20,21,22). The molecule has 0 spiro atoms. The van der Waals surface area contributed by atoms with E-state index in [2.05, 4.69) is 18.3 Å². The molecule has 1 unspecified atom stereocenters. The van der Waals surface area contributed by atoms with Crippen LogP contribution in [-0.2, 0) is 9.53 Å². The van der Waals surface area contributed by atoms with Gasteiger partial charge in [-0.25, -0.2) is 4.79 Å². The summed E-state index contributed by atoms with van der Waals surface area (Å²) in [5.74, 6) is 0.298. The molecule has 0 heterocycles. The first-order valence-electron chi connectivity index (χ1n) is 8.23. The highest BCUT2D eigenvalue weighted by atomic mass is 16.6. The maximum absolute atomic E-state index is 12.0. The van der Waals surface area contributed by atoms with Gasteiger partial charge in [-0.2, -0.15) is 0 Å². The Morgan fingerprint density at radius 1 is 1.25 bits per heavy atom. The number of hydrogen-bond donors (Lipinski definition) is 1. The summed E-state index contributed by atoms with van der Waals surface area (Å²) < 4.78 is 10.8. The minimum atomic E-state index is -0.729. The van der Waals surface area contributed by atoms with E-state index in [0.717, 1.165) is 19.3 Å². The Labute approximate surface area is 143 Å². The van der Waals surface area contributed by atoms with Crippen molar-refractivity contribution in [3.8, 4) is 5.75 Å². The van der Waals surface area contributed by atoms with Gasteiger partial charge in [0.1, 0.15) is 11.4 Å². The molecule has 0 fully saturated rings. The number of rotatable bonds is 5. The molecule has 1 aromatic carbocycles. The van der Waals surface area contributed by atoms with E-state index in [1.807, 2.05) is 32.0 Å². The van der Waals surface area contributed by atoms with Gasteiger partial charge in [-0.05, 0) is 52.2 Å². The van der Waals surface area contributed by atoms with E-state index in [4.69, 9.17) is 9.47 Å². The van der Waals surface area contributed by atoms with E-state index in [0.29, 0.717) is 5.75 Å². The number of benzene rings is 1. The van der Waals surface area contributed by atoms with Crippen molar-refractivity contribution < 1.29 is 19.1 Å². The predicted molar refractivity (Wildman–Crippen MR) is 91.7 cm³/mol. The van der Waals surface area contributed by atoms with Crippen molar-refractivity contribution in [3.05, 3.63) is 42.0 Å². The molecule has 130 valence electrons. The number of alkyl carbamates (subject to hydrolysis) is 1. The third kappa shape index (κ3) is 5.41. The second kappa shape index (κ2) is 7.99. The minimum Gasteiger partial charge on any atom is -0.484 e. The largest absolute Gasteiger partial charge is 0.484 e. The maximum atomic E-state index is 12.0. The van der Waals surface area contributed by atoms with Gasteiger partial charge in [0.15, 0.2) is 6.61 Å². The lowest BCUT2D eigenvalue weighted by Crippen LogP contribution is -2.43. The quantitative estimate of drug-likeness (QED) is 0.833. The van der Waals surface area contributed by atoms with Crippen molar-refractivity contribution in [1.82, 2.24) is 5.32 Å². The topological polar surface area (TPSA) is 64.6 Å². The normalized spacial score (nSPS) is 17.6. The van der Waals surface area contributed by atoms with Gasteiger partial charge < -0.3 is 9.47 Å². The zero-order valence-corrected chi connectivity index (χ0v) is 14.5. The lowest BCUT2D eigenvalue weighted by Gasteiger charge is -2.35. The molecule has 1 aromatic rings. The van der Waals surface area contributed by atoms with Gasteiger partial charge in [0.05, 0.1) is 0 Å². The van der Waals surface area contributed by atoms with Crippen LogP contribution in [0, 0.1) is 5.92 Å². The van der Waals surface area contributed by atoms with Crippen LogP contribution < -0.4 is 10.1 Å². The SMILES string of the molecule is CC1=CCC(C(C)(C)OC(=O)NC(=O)COc2ccccc2)CC1. The van der Waals surface area contributed by atoms with Gasteiger partial charge in [0.2, 0.25) is 0 Å². The van der Waals surface area contributed by atoms with Crippen molar-refractivity contribution in [2.75, 3.05) is 6.61 Å². The van der Waals surface area contributed by atoms with Crippen molar-refractivity contribution in [3.63, 3.8) is 0 Å². The van der Waals surface area contributed by atoms with Crippen LogP contribution in [0.15, 0.2) is 42.0 Å². The Morgan fingerprint density at radius 2 is 1.96 bits per heavy atom. The molecule has 0 saturated heterocycles. The number of nitrogens with one attached hydrogen (secondary N) is 1. The van der Waals surface area contributed by atoms with Crippen LogP contribution in [0.25, 0.3) is 0 Å². The van der Waals surface area contributed by atoms with Crippen LogP contribution in [-0.4, -0.2) is 24.2 Å². The third-order valence-electron chi connectivity index (χ3n) is 4.33. The Morgan fingerprint density at radius 3 is 2.58 bits per heavy atom. The van der Waals surface area contributed by atoms with Gasteiger partial charge in [0, 0.05) is 5.92 Å². The van der Waals surface area contributed by atoms with E-state index in [9.17, 15) is 9.59 Å². The number of hydrogen-bond acceptors (Lipinski definition) is 4. The monoisotopic (exact) mass is 331 g/mol. The van der Waals surface area contributed by atoms with Gasteiger partial charge >= 0.3 is 6.09 Å². The van der Waals surface area contributed by atoms with Crippen molar-refractivity contribution >= 4 is 12.0 Å². The smallest absolute Gasteiger partial charge is 0.414 e. The Bertz CT molecular complexity index is 607. The molecule has 0 aromatic heterocycles. The first-order chi connectivity index (χ1) is 11.4. The highest BCUT2D eigenvalue weighted by Crippen LogP contribution is 2.34. The molecule has 1 aliphatic carbocycles. The highest BCUT2D eigenvalue weighted by Gasteiger charge is 2.34. The van der Waals surface area contributed by atoms with E-state index in [1.165, 1.54) is 5.57 Å². The average molecular weight is 331 g/mol. The fourth-order valence-corrected chi connectivity index (χ4v) is 2.76. The number of imide groups is 1. The molecule has 2 amide bonds. The van der Waals surface area contributed by atoms with E-state index in [-0.39, 0.29) is 12.5 Å². The molecule has 0 aliphatic heterocycles. The van der Waals surface area contributed by atoms with Crippen LogP contribution >= 0.6 is 0 Å². The van der Waals surface area contributed by atoms with Crippen molar-refractivity contribution in [2.24, 2.45) is 5.92 Å². The molecule has 0 radical (unpaired) electrons. The number of carbonyl (C=O) groups excluding carboxylic acids is 2. The number of allylic oxidation sites excluding steroid dienone is 2.